The van der Waals surface area contributed by atoms with Gasteiger partial charge in [0.2, 0.25) is 0 Å². The number of methoxy groups -OCH3 is 1. The van der Waals surface area contributed by atoms with Crippen molar-refractivity contribution >= 4 is 6.21 Å². The summed E-state index contributed by atoms with van der Waals surface area (Å²) in [5.41, 5.74) is 3.38. The predicted octanol–water partition coefficient (Wildman–Crippen LogP) is 2.22. The van der Waals surface area contributed by atoms with E-state index in [9.17, 15) is 0 Å². The van der Waals surface area contributed by atoms with Gasteiger partial charge in [-0.1, -0.05) is 27.7 Å². The second-order valence-corrected chi connectivity index (χ2v) is 6.75. The Morgan fingerprint density at radius 2 is 2.05 bits per heavy atom. The van der Waals surface area contributed by atoms with Gasteiger partial charge in [0, 0.05) is 43.8 Å². The Kier molecular flexibility index (Phi) is 5.64. The van der Waals surface area contributed by atoms with Crippen molar-refractivity contribution in [1.29, 1.82) is 0 Å². The van der Waals surface area contributed by atoms with Crippen LogP contribution in [0.15, 0.2) is 4.99 Å². The first-order valence-corrected chi connectivity index (χ1v) is 8.07. The van der Waals surface area contributed by atoms with Crippen LogP contribution in [0.1, 0.15) is 50.5 Å². The zero-order valence-electron chi connectivity index (χ0n) is 14.5. The number of ether oxygens (including phenoxy) is 1. The average Bonchev–Trinajstić information content (AvgIpc) is 2.49. The normalized spacial score (nSPS) is 14.5. The summed E-state index contributed by atoms with van der Waals surface area (Å²) in [6.07, 6.45) is 2.86. The fourth-order valence-corrected chi connectivity index (χ4v) is 2.63. The fourth-order valence-electron chi connectivity index (χ4n) is 2.63. The standard InChI is InChI=1S/C17H28N4O/c1-6-21(9-10-22-5)12-15-19-14-7-8-18-11-13(14)16(20-15)17(2,3)4/h11H,6-10,12H2,1-5H3. The smallest absolute Gasteiger partial charge is 0.142 e. The average molecular weight is 304 g/mol. The third-order valence-electron chi connectivity index (χ3n) is 3.90. The topological polar surface area (TPSA) is 50.6 Å². The highest BCUT2D eigenvalue weighted by molar-refractivity contribution is 5.84. The number of rotatable bonds is 6. The molecular weight excluding hydrogens is 276 g/mol. The SMILES string of the molecule is CCN(CCOC)Cc1nc2c(c(C(C)(C)C)n1)C=NCC2. The van der Waals surface area contributed by atoms with Crippen molar-refractivity contribution in [2.24, 2.45) is 4.99 Å². The van der Waals surface area contributed by atoms with Crippen LogP contribution in [0.2, 0.25) is 0 Å². The van der Waals surface area contributed by atoms with Gasteiger partial charge < -0.3 is 4.74 Å². The number of nitrogens with zero attached hydrogens (tertiary/aromatic N) is 4. The van der Waals surface area contributed by atoms with E-state index in [0.29, 0.717) is 0 Å². The minimum Gasteiger partial charge on any atom is -0.383 e. The lowest BCUT2D eigenvalue weighted by Crippen LogP contribution is -2.29. The van der Waals surface area contributed by atoms with Crippen LogP contribution in [0.4, 0.5) is 0 Å². The summed E-state index contributed by atoms with van der Waals surface area (Å²) in [5.74, 6) is 0.914. The minimum absolute atomic E-state index is 0.00525. The molecule has 0 radical (unpaired) electrons. The van der Waals surface area contributed by atoms with Crippen LogP contribution in [-0.4, -0.2) is 54.4 Å². The third-order valence-corrected chi connectivity index (χ3v) is 3.90. The van der Waals surface area contributed by atoms with Crippen LogP contribution >= 0.6 is 0 Å². The molecule has 0 aliphatic carbocycles. The minimum atomic E-state index is -0.00525. The number of likely N-dealkylation sites (N-methyl/N-ethyl adjacent to an activating group) is 1. The lowest BCUT2D eigenvalue weighted by molar-refractivity contribution is 0.146. The Hall–Kier alpha value is -1.33. The molecule has 0 N–H and O–H groups in total. The summed E-state index contributed by atoms with van der Waals surface area (Å²) in [7, 11) is 1.74. The molecule has 0 atom stereocenters. The molecule has 1 aliphatic rings. The number of fused-ring (bicyclic) bond motifs is 1. The summed E-state index contributed by atoms with van der Waals surface area (Å²) in [5, 5.41) is 0. The lowest BCUT2D eigenvalue weighted by Gasteiger charge is -2.25. The first-order valence-electron chi connectivity index (χ1n) is 8.07. The molecule has 2 rings (SSSR count). The van der Waals surface area contributed by atoms with Gasteiger partial charge in [0.15, 0.2) is 0 Å². The molecule has 5 heteroatoms. The van der Waals surface area contributed by atoms with Crippen molar-refractivity contribution in [3.8, 4) is 0 Å². The van der Waals surface area contributed by atoms with Crippen LogP contribution < -0.4 is 0 Å². The Morgan fingerprint density at radius 1 is 1.27 bits per heavy atom. The van der Waals surface area contributed by atoms with Crippen molar-refractivity contribution in [3.63, 3.8) is 0 Å². The van der Waals surface area contributed by atoms with Gasteiger partial charge in [-0.2, -0.15) is 0 Å². The molecular formula is C17H28N4O. The number of aromatic nitrogens is 2. The van der Waals surface area contributed by atoms with E-state index < -0.39 is 0 Å². The van der Waals surface area contributed by atoms with Crippen LogP contribution in [-0.2, 0) is 23.1 Å². The lowest BCUT2D eigenvalue weighted by atomic mass is 9.87. The highest BCUT2D eigenvalue weighted by atomic mass is 16.5. The molecule has 0 unspecified atom stereocenters. The number of hydrogen-bond donors (Lipinski definition) is 0. The molecule has 1 aromatic heterocycles. The summed E-state index contributed by atoms with van der Waals surface area (Å²) < 4.78 is 5.18. The van der Waals surface area contributed by atoms with E-state index in [2.05, 4.69) is 37.6 Å². The maximum absolute atomic E-state index is 5.18. The molecule has 1 aliphatic heterocycles. The molecule has 2 heterocycles. The summed E-state index contributed by atoms with van der Waals surface area (Å²) in [4.78, 5) is 16.4. The Labute approximate surface area is 133 Å². The maximum atomic E-state index is 5.18. The van der Waals surface area contributed by atoms with Gasteiger partial charge in [-0.05, 0) is 6.54 Å². The van der Waals surface area contributed by atoms with Gasteiger partial charge in [0.1, 0.15) is 5.82 Å². The van der Waals surface area contributed by atoms with E-state index in [1.807, 2.05) is 6.21 Å². The van der Waals surface area contributed by atoms with E-state index in [1.165, 1.54) is 0 Å². The second kappa shape index (κ2) is 7.29. The van der Waals surface area contributed by atoms with Gasteiger partial charge in [0.25, 0.3) is 0 Å². The van der Waals surface area contributed by atoms with Crippen LogP contribution in [0.25, 0.3) is 0 Å². The van der Waals surface area contributed by atoms with Crippen molar-refractivity contribution in [3.05, 3.63) is 22.8 Å². The summed E-state index contributed by atoms with van der Waals surface area (Å²) >= 11 is 0. The Bertz CT molecular complexity index is 534. The van der Waals surface area contributed by atoms with Gasteiger partial charge in [-0.25, -0.2) is 9.97 Å². The molecule has 0 aromatic carbocycles. The molecule has 122 valence electrons. The molecule has 22 heavy (non-hydrogen) atoms. The number of hydrogen-bond acceptors (Lipinski definition) is 5. The maximum Gasteiger partial charge on any atom is 0.142 e. The summed E-state index contributed by atoms with van der Waals surface area (Å²) in [6, 6.07) is 0. The molecule has 0 fully saturated rings. The molecule has 0 saturated heterocycles. The number of aliphatic imine (C=N–C) groups is 1. The van der Waals surface area contributed by atoms with Gasteiger partial charge >= 0.3 is 0 Å². The molecule has 1 aromatic rings. The monoisotopic (exact) mass is 304 g/mol. The van der Waals surface area contributed by atoms with E-state index in [0.717, 1.165) is 62.0 Å². The molecule has 0 amide bonds. The van der Waals surface area contributed by atoms with Crippen LogP contribution in [0, 0.1) is 0 Å². The zero-order chi connectivity index (χ0) is 16.2. The third kappa shape index (κ3) is 4.11. The highest BCUT2D eigenvalue weighted by Gasteiger charge is 2.24. The summed E-state index contributed by atoms with van der Waals surface area (Å²) in [6.45, 7) is 13.0. The molecule has 0 saturated carbocycles. The molecule has 5 nitrogen and oxygen atoms in total. The fraction of sp³-hybridized carbons (Fsp3) is 0.706. The Morgan fingerprint density at radius 3 is 2.68 bits per heavy atom. The van der Waals surface area contributed by atoms with Crippen molar-refractivity contribution in [2.45, 2.75) is 46.1 Å². The van der Waals surface area contributed by atoms with E-state index in [1.54, 1.807) is 7.11 Å². The van der Waals surface area contributed by atoms with E-state index in [4.69, 9.17) is 14.7 Å². The first kappa shape index (κ1) is 17.0. The quantitative estimate of drug-likeness (QED) is 0.808. The van der Waals surface area contributed by atoms with Crippen LogP contribution in [0.5, 0.6) is 0 Å². The van der Waals surface area contributed by atoms with Gasteiger partial charge in [0.05, 0.1) is 24.5 Å². The van der Waals surface area contributed by atoms with Gasteiger partial charge in [-0.15, -0.1) is 0 Å². The largest absolute Gasteiger partial charge is 0.383 e. The first-order chi connectivity index (χ1) is 10.5. The van der Waals surface area contributed by atoms with E-state index >= 15 is 0 Å². The highest BCUT2D eigenvalue weighted by Crippen LogP contribution is 2.26. The van der Waals surface area contributed by atoms with Crippen molar-refractivity contribution < 1.29 is 4.74 Å². The zero-order valence-corrected chi connectivity index (χ0v) is 14.5. The molecule has 0 bridgehead atoms. The second-order valence-electron chi connectivity index (χ2n) is 6.75. The Balaban J connectivity index is 2.31. The van der Waals surface area contributed by atoms with Crippen molar-refractivity contribution in [2.75, 3.05) is 33.4 Å². The van der Waals surface area contributed by atoms with Gasteiger partial charge in [-0.3, -0.25) is 9.89 Å². The van der Waals surface area contributed by atoms with E-state index in [-0.39, 0.29) is 5.41 Å². The van der Waals surface area contributed by atoms with Crippen molar-refractivity contribution in [1.82, 2.24) is 14.9 Å². The molecule has 0 spiro atoms. The van der Waals surface area contributed by atoms with Crippen LogP contribution in [0.3, 0.4) is 0 Å². The predicted molar refractivity (Wildman–Crippen MR) is 89.7 cm³/mol.